The van der Waals surface area contributed by atoms with Crippen LogP contribution in [0.4, 0.5) is 11.4 Å². The minimum Gasteiger partial charge on any atom is -0.384 e. The number of primary sulfonamides is 1. The maximum Gasteiger partial charge on any atom is 0.288 e. The number of nitrogens with zero attached hydrogens (tertiary/aromatic N) is 1. The standard InChI is InChI=1S/C9H12ClN3O4S/c1-6-4-9(13(14)15)7(10)5-8(6)12-2-3-18(11,16)17/h4-5,12H,2-3H2,1H3,(H2,11,16,17). The topological polar surface area (TPSA) is 115 Å². The molecule has 3 N–H and O–H groups in total. The lowest BCUT2D eigenvalue weighted by atomic mass is 10.2. The van der Waals surface area contributed by atoms with Gasteiger partial charge in [0.25, 0.3) is 5.69 Å². The van der Waals surface area contributed by atoms with Gasteiger partial charge in [0.1, 0.15) is 5.02 Å². The Morgan fingerprint density at radius 2 is 2.11 bits per heavy atom. The molecule has 100 valence electrons. The lowest BCUT2D eigenvalue weighted by Crippen LogP contribution is -2.22. The second kappa shape index (κ2) is 5.51. The normalized spacial score (nSPS) is 11.3. The van der Waals surface area contributed by atoms with E-state index in [1.807, 2.05) is 0 Å². The van der Waals surface area contributed by atoms with Crippen molar-refractivity contribution in [2.24, 2.45) is 5.14 Å². The number of halogens is 1. The minimum absolute atomic E-state index is 0.0105. The maximum absolute atomic E-state index is 10.7. The highest BCUT2D eigenvalue weighted by Gasteiger charge is 2.15. The predicted molar refractivity (Wildman–Crippen MR) is 69.3 cm³/mol. The molecule has 0 saturated carbocycles. The van der Waals surface area contributed by atoms with Gasteiger partial charge in [-0.15, -0.1) is 0 Å². The van der Waals surface area contributed by atoms with Gasteiger partial charge in [-0.25, -0.2) is 13.6 Å². The van der Waals surface area contributed by atoms with Crippen molar-refractivity contribution in [3.05, 3.63) is 32.8 Å². The van der Waals surface area contributed by atoms with Gasteiger partial charge in [-0.05, 0) is 18.6 Å². The third-order valence-corrected chi connectivity index (χ3v) is 3.27. The van der Waals surface area contributed by atoms with Crippen LogP contribution in [-0.4, -0.2) is 25.6 Å². The number of hydrogen-bond donors (Lipinski definition) is 2. The van der Waals surface area contributed by atoms with E-state index in [-0.39, 0.29) is 23.0 Å². The number of rotatable bonds is 5. The van der Waals surface area contributed by atoms with Gasteiger partial charge >= 0.3 is 0 Å². The van der Waals surface area contributed by atoms with Crippen molar-refractivity contribution in [3.8, 4) is 0 Å². The molecule has 0 spiro atoms. The zero-order valence-corrected chi connectivity index (χ0v) is 11.1. The summed E-state index contributed by atoms with van der Waals surface area (Å²) in [5, 5.41) is 18.3. The van der Waals surface area contributed by atoms with E-state index < -0.39 is 14.9 Å². The molecular formula is C9H12ClN3O4S. The van der Waals surface area contributed by atoms with Crippen molar-refractivity contribution in [3.63, 3.8) is 0 Å². The van der Waals surface area contributed by atoms with Crippen molar-refractivity contribution < 1.29 is 13.3 Å². The number of nitro benzene ring substituents is 1. The predicted octanol–water partition coefficient (Wildman–Crippen LogP) is 1.26. The van der Waals surface area contributed by atoms with Gasteiger partial charge in [0.15, 0.2) is 0 Å². The van der Waals surface area contributed by atoms with Gasteiger partial charge in [0.05, 0.1) is 10.7 Å². The van der Waals surface area contributed by atoms with Crippen LogP contribution in [-0.2, 0) is 10.0 Å². The quantitative estimate of drug-likeness (QED) is 0.626. The Hall–Kier alpha value is -1.38. The molecule has 0 bridgehead atoms. The first-order valence-corrected chi connectivity index (χ1v) is 6.99. The Labute approximate surface area is 109 Å². The van der Waals surface area contributed by atoms with Crippen LogP contribution in [0.5, 0.6) is 0 Å². The van der Waals surface area contributed by atoms with E-state index in [2.05, 4.69) is 5.32 Å². The monoisotopic (exact) mass is 293 g/mol. The van der Waals surface area contributed by atoms with Crippen LogP contribution >= 0.6 is 11.6 Å². The average molecular weight is 294 g/mol. The average Bonchev–Trinajstić information content (AvgIpc) is 2.20. The first kappa shape index (κ1) is 14.7. The molecule has 0 atom stereocenters. The third kappa shape index (κ3) is 4.13. The van der Waals surface area contributed by atoms with E-state index in [0.717, 1.165) is 0 Å². The zero-order valence-electron chi connectivity index (χ0n) is 9.51. The number of sulfonamides is 1. The second-order valence-corrected chi connectivity index (χ2v) is 5.81. The first-order valence-electron chi connectivity index (χ1n) is 4.89. The Kier molecular flexibility index (Phi) is 4.49. The molecule has 0 aromatic heterocycles. The fraction of sp³-hybridized carbons (Fsp3) is 0.333. The molecule has 7 nitrogen and oxygen atoms in total. The highest BCUT2D eigenvalue weighted by Crippen LogP contribution is 2.30. The molecule has 0 saturated heterocycles. The maximum atomic E-state index is 10.7. The van der Waals surface area contributed by atoms with Crippen LogP contribution in [0.25, 0.3) is 0 Å². The van der Waals surface area contributed by atoms with Gasteiger partial charge < -0.3 is 5.32 Å². The fourth-order valence-electron chi connectivity index (χ4n) is 1.32. The summed E-state index contributed by atoms with van der Waals surface area (Å²) in [4.78, 5) is 10.1. The molecule has 1 aromatic rings. The van der Waals surface area contributed by atoms with Crippen LogP contribution in [0.3, 0.4) is 0 Å². The van der Waals surface area contributed by atoms with Crippen molar-refractivity contribution in [2.75, 3.05) is 17.6 Å². The van der Waals surface area contributed by atoms with E-state index in [9.17, 15) is 18.5 Å². The molecule has 0 aliphatic carbocycles. The van der Waals surface area contributed by atoms with E-state index in [1.54, 1.807) is 6.92 Å². The summed E-state index contributed by atoms with van der Waals surface area (Å²) in [5.41, 5.74) is 0.945. The summed E-state index contributed by atoms with van der Waals surface area (Å²) in [7, 11) is -3.54. The van der Waals surface area contributed by atoms with Gasteiger partial charge in [-0.1, -0.05) is 11.6 Å². The number of benzene rings is 1. The third-order valence-electron chi connectivity index (χ3n) is 2.19. The summed E-state index contributed by atoms with van der Waals surface area (Å²) in [6.07, 6.45) is 0. The molecule has 0 aliphatic heterocycles. The summed E-state index contributed by atoms with van der Waals surface area (Å²) < 4.78 is 21.5. The van der Waals surface area contributed by atoms with Crippen LogP contribution < -0.4 is 10.5 Å². The number of nitrogens with one attached hydrogen (secondary N) is 1. The molecule has 1 aromatic carbocycles. The SMILES string of the molecule is Cc1cc([N+](=O)[O-])c(Cl)cc1NCCS(N)(=O)=O. The lowest BCUT2D eigenvalue weighted by molar-refractivity contribution is -0.384. The molecule has 0 radical (unpaired) electrons. The van der Waals surface area contributed by atoms with Crippen molar-refractivity contribution in [1.29, 1.82) is 0 Å². The molecule has 0 aliphatic rings. The van der Waals surface area contributed by atoms with Gasteiger partial charge in [-0.3, -0.25) is 10.1 Å². The highest BCUT2D eigenvalue weighted by molar-refractivity contribution is 7.89. The number of hydrogen-bond acceptors (Lipinski definition) is 5. The lowest BCUT2D eigenvalue weighted by Gasteiger charge is -2.09. The Balaban J connectivity index is 2.85. The zero-order chi connectivity index (χ0) is 13.9. The number of anilines is 1. The Bertz CT molecular complexity index is 573. The molecule has 0 fully saturated rings. The first-order chi connectivity index (χ1) is 8.20. The fourth-order valence-corrected chi connectivity index (χ4v) is 1.94. The van der Waals surface area contributed by atoms with Gasteiger partial charge in [-0.2, -0.15) is 0 Å². The van der Waals surface area contributed by atoms with Gasteiger partial charge in [0.2, 0.25) is 10.0 Å². The van der Waals surface area contributed by atoms with Crippen LogP contribution in [0.2, 0.25) is 5.02 Å². The largest absolute Gasteiger partial charge is 0.384 e. The minimum atomic E-state index is -3.54. The summed E-state index contributed by atoms with van der Waals surface area (Å²) in [6, 6.07) is 2.71. The highest BCUT2D eigenvalue weighted by atomic mass is 35.5. The molecule has 9 heteroatoms. The summed E-state index contributed by atoms with van der Waals surface area (Å²) in [5.74, 6) is -0.235. The molecule has 0 unspecified atom stereocenters. The summed E-state index contributed by atoms with van der Waals surface area (Å²) >= 11 is 5.74. The molecule has 0 amide bonds. The molecule has 18 heavy (non-hydrogen) atoms. The smallest absolute Gasteiger partial charge is 0.288 e. The Morgan fingerprint density at radius 3 is 2.61 bits per heavy atom. The van der Waals surface area contributed by atoms with Crippen LogP contribution in [0, 0.1) is 17.0 Å². The Morgan fingerprint density at radius 1 is 1.50 bits per heavy atom. The van der Waals surface area contributed by atoms with E-state index in [0.29, 0.717) is 11.3 Å². The van der Waals surface area contributed by atoms with Crippen molar-refractivity contribution in [1.82, 2.24) is 0 Å². The van der Waals surface area contributed by atoms with E-state index in [1.165, 1.54) is 12.1 Å². The number of nitro groups is 1. The second-order valence-electron chi connectivity index (χ2n) is 3.67. The van der Waals surface area contributed by atoms with Crippen molar-refractivity contribution >= 4 is 33.0 Å². The van der Waals surface area contributed by atoms with E-state index in [4.69, 9.17) is 16.7 Å². The van der Waals surface area contributed by atoms with E-state index >= 15 is 0 Å². The molecule has 0 heterocycles. The number of nitrogens with two attached hydrogens (primary N) is 1. The number of aryl methyl sites for hydroxylation is 1. The van der Waals surface area contributed by atoms with Crippen LogP contribution in [0.1, 0.15) is 5.56 Å². The van der Waals surface area contributed by atoms with Gasteiger partial charge in [0, 0.05) is 18.3 Å². The molecular weight excluding hydrogens is 282 g/mol. The van der Waals surface area contributed by atoms with Crippen LogP contribution in [0.15, 0.2) is 12.1 Å². The summed E-state index contributed by atoms with van der Waals surface area (Å²) in [6.45, 7) is 1.76. The molecule has 1 rings (SSSR count). The van der Waals surface area contributed by atoms with Crippen molar-refractivity contribution in [2.45, 2.75) is 6.92 Å².